The van der Waals surface area contributed by atoms with Gasteiger partial charge in [-0.05, 0) is 61.9 Å². The minimum Gasteiger partial charge on any atom is -0.456 e. The van der Waals surface area contributed by atoms with Gasteiger partial charge in [0.05, 0.1) is 5.56 Å². The fourth-order valence-electron chi connectivity index (χ4n) is 1.01. The maximum Gasteiger partial charge on any atom is 0.340 e. The highest BCUT2D eigenvalue weighted by Crippen LogP contribution is 2.14. The minimum atomic E-state index is -0.464. The number of hydrogen-bond donors (Lipinski definition) is 0. The number of hydrogen-bond acceptors (Lipinski definition) is 3. The van der Waals surface area contributed by atoms with Gasteiger partial charge in [-0.3, -0.25) is 0 Å². The molecule has 0 saturated heterocycles. The molecular weight excluding hydrogens is 305 g/mol. The largest absolute Gasteiger partial charge is 0.456 e. The van der Waals surface area contributed by atoms with E-state index in [-0.39, 0.29) is 5.97 Å². The molecule has 0 aliphatic heterocycles. The minimum absolute atomic E-state index is 0.325. The molecule has 1 rings (SSSR count). The maximum absolute atomic E-state index is 11.7. The fourth-order valence-corrected chi connectivity index (χ4v) is 1.30. The molecule has 0 aromatic carbocycles. The number of rotatable bonds is 1. The van der Waals surface area contributed by atoms with Crippen molar-refractivity contribution in [3.63, 3.8) is 0 Å². The van der Waals surface area contributed by atoms with Crippen LogP contribution in [0.5, 0.6) is 0 Å². The zero-order valence-corrected chi connectivity index (χ0v) is 11.5. The van der Waals surface area contributed by atoms with Gasteiger partial charge in [-0.1, -0.05) is 0 Å². The molecule has 0 N–H and O–H groups in total. The number of nitrogens with zero attached hydrogens (tertiary/aromatic N) is 1. The molecule has 0 amide bonds. The van der Waals surface area contributed by atoms with Gasteiger partial charge < -0.3 is 4.74 Å². The van der Waals surface area contributed by atoms with Crippen molar-refractivity contribution >= 4 is 28.6 Å². The second-order valence-corrected chi connectivity index (χ2v) is 5.36. The summed E-state index contributed by atoms with van der Waals surface area (Å²) in [5, 5.41) is 0. The Morgan fingerprint density at radius 1 is 1.47 bits per heavy atom. The third-order valence-electron chi connectivity index (χ3n) is 1.65. The summed E-state index contributed by atoms with van der Waals surface area (Å²) in [5.41, 5.74) is 1.02. The molecule has 1 aromatic heterocycles. The van der Waals surface area contributed by atoms with E-state index in [1.165, 1.54) is 0 Å². The van der Waals surface area contributed by atoms with Gasteiger partial charge in [0, 0.05) is 6.20 Å². The lowest BCUT2D eigenvalue weighted by molar-refractivity contribution is 0.00689. The number of carbonyl (C=O) groups is 1. The lowest BCUT2D eigenvalue weighted by atomic mass is 10.2. The molecule has 0 fully saturated rings. The third kappa shape index (κ3) is 3.77. The number of aromatic nitrogens is 1. The van der Waals surface area contributed by atoms with E-state index in [9.17, 15) is 4.79 Å². The fraction of sp³-hybridized carbons (Fsp3) is 0.455. The van der Waals surface area contributed by atoms with E-state index < -0.39 is 5.60 Å². The zero-order valence-electron chi connectivity index (χ0n) is 9.30. The number of pyridine rings is 1. The van der Waals surface area contributed by atoms with Crippen molar-refractivity contribution in [2.24, 2.45) is 0 Å². The van der Waals surface area contributed by atoms with E-state index in [4.69, 9.17) is 4.74 Å². The van der Waals surface area contributed by atoms with Crippen LogP contribution in [0.4, 0.5) is 0 Å². The predicted octanol–water partition coefficient (Wildman–Crippen LogP) is 2.95. The molecule has 0 saturated carbocycles. The summed E-state index contributed by atoms with van der Waals surface area (Å²) < 4.78 is 6.14. The van der Waals surface area contributed by atoms with E-state index in [1.807, 2.05) is 27.7 Å². The molecule has 82 valence electrons. The molecule has 0 bridgehead atoms. The molecule has 0 unspecified atom stereocenters. The average molecular weight is 319 g/mol. The van der Waals surface area contributed by atoms with Crippen LogP contribution in [0.15, 0.2) is 12.3 Å². The van der Waals surface area contributed by atoms with Crippen LogP contribution in [0, 0.1) is 10.6 Å². The van der Waals surface area contributed by atoms with Crippen LogP contribution >= 0.6 is 22.6 Å². The van der Waals surface area contributed by atoms with Crippen LogP contribution in [0.1, 0.15) is 36.7 Å². The number of ether oxygens (including phenoxy) is 1. The monoisotopic (exact) mass is 319 g/mol. The summed E-state index contributed by atoms with van der Waals surface area (Å²) in [4.78, 5) is 15.8. The molecule has 15 heavy (non-hydrogen) atoms. The smallest absolute Gasteiger partial charge is 0.340 e. The van der Waals surface area contributed by atoms with Crippen LogP contribution in [0.2, 0.25) is 0 Å². The Bertz CT molecular complexity index is 383. The lowest BCUT2D eigenvalue weighted by Crippen LogP contribution is -2.24. The van der Waals surface area contributed by atoms with E-state index >= 15 is 0 Å². The van der Waals surface area contributed by atoms with Crippen molar-refractivity contribution in [1.29, 1.82) is 0 Å². The van der Waals surface area contributed by atoms with Crippen LogP contribution < -0.4 is 0 Å². The van der Waals surface area contributed by atoms with Gasteiger partial charge >= 0.3 is 5.97 Å². The maximum atomic E-state index is 11.7. The zero-order chi connectivity index (χ0) is 11.6. The van der Waals surface area contributed by atoms with E-state index in [1.54, 1.807) is 12.3 Å². The number of carbonyl (C=O) groups excluding carboxylic acids is 1. The second-order valence-electron chi connectivity index (χ2n) is 4.33. The molecule has 0 spiro atoms. The highest BCUT2D eigenvalue weighted by molar-refractivity contribution is 14.1. The van der Waals surface area contributed by atoms with Crippen LogP contribution in [-0.2, 0) is 4.74 Å². The SMILES string of the molecule is Cc1cc(C(=O)OC(C)(C)C)cnc1I. The van der Waals surface area contributed by atoms with Crippen LogP contribution in [0.3, 0.4) is 0 Å². The van der Waals surface area contributed by atoms with Gasteiger partial charge in [0.25, 0.3) is 0 Å². The van der Waals surface area contributed by atoms with Gasteiger partial charge in [0.15, 0.2) is 0 Å². The Kier molecular flexibility index (Phi) is 3.70. The molecule has 3 nitrogen and oxygen atoms in total. The van der Waals surface area contributed by atoms with Crippen molar-refractivity contribution < 1.29 is 9.53 Å². The molecule has 4 heteroatoms. The molecule has 1 aromatic rings. The van der Waals surface area contributed by atoms with Crippen LogP contribution in [-0.4, -0.2) is 16.6 Å². The van der Waals surface area contributed by atoms with Gasteiger partial charge in [0.2, 0.25) is 0 Å². The Balaban J connectivity index is 2.88. The summed E-state index contributed by atoms with van der Waals surface area (Å²) >= 11 is 2.13. The molecule has 0 radical (unpaired) electrons. The molecule has 0 aliphatic carbocycles. The Labute approximate surface area is 103 Å². The van der Waals surface area contributed by atoms with Crippen molar-refractivity contribution in [3.05, 3.63) is 27.1 Å². The van der Waals surface area contributed by atoms with Crippen LogP contribution in [0.25, 0.3) is 0 Å². The summed E-state index contributed by atoms with van der Waals surface area (Å²) in [6.07, 6.45) is 1.54. The molecular formula is C11H14INO2. The van der Waals surface area contributed by atoms with Crippen molar-refractivity contribution in [1.82, 2.24) is 4.98 Å². The molecule has 0 atom stereocenters. The predicted molar refractivity (Wildman–Crippen MR) is 66.9 cm³/mol. The Hall–Kier alpha value is -0.650. The highest BCUT2D eigenvalue weighted by Gasteiger charge is 2.18. The Morgan fingerprint density at radius 3 is 2.53 bits per heavy atom. The second kappa shape index (κ2) is 4.47. The first-order valence-corrected chi connectivity index (χ1v) is 5.73. The first-order valence-electron chi connectivity index (χ1n) is 4.65. The van der Waals surface area contributed by atoms with Gasteiger partial charge in [0.1, 0.15) is 9.30 Å². The number of esters is 1. The summed E-state index contributed by atoms with van der Waals surface area (Å²) in [7, 11) is 0. The van der Waals surface area contributed by atoms with E-state index in [0.29, 0.717) is 5.56 Å². The summed E-state index contributed by atoms with van der Waals surface area (Å²) in [6.45, 7) is 7.45. The highest BCUT2D eigenvalue weighted by atomic mass is 127. The van der Waals surface area contributed by atoms with Crippen molar-refractivity contribution in [2.45, 2.75) is 33.3 Å². The van der Waals surface area contributed by atoms with Gasteiger partial charge in [-0.2, -0.15) is 0 Å². The van der Waals surface area contributed by atoms with E-state index in [2.05, 4.69) is 27.6 Å². The molecule has 0 aliphatic rings. The quantitative estimate of drug-likeness (QED) is 0.454. The topological polar surface area (TPSA) is 39.2 Å². The lowest BCUT2D eigenvalue weighted by Gasteiger charge is -2.19. The first-order chi connectivity index (χ1) is 6.79. The standard InChI is InChI=1S/C11H14INO2/c1-7-5-8(6-13-9(7)12)10(14)15-11(2,3)4/h5-6H,1-4H3. The summed E-state index contributed by atoms with van der Waals surface area (Å²) in [5.74, 6) is -0.325. The number of halogens is 1. The average Bonchev–Trinajstić information content (AvgIpc) is 2.06. The van der Waals surface area contributed by atoms with Crippen molar-refractivity contribution in [2.75, 3.05) is 0 Å². The third-order valence-corrected chi connectivity index (χ3v) is 2.78. The van der Waals surface area contributed by atoms with Gasteiger partial charge in [-0.15, -0.1) is 0 Å². The van der Waals surface area contributed by atoms with Gasteiger partial charge in [-0.25, -0.2) is 9.78 Å². The Morgan fingerprint density at radius 2 is 2.07 bits per heavy atom. The first kappa shape index (κ1) is 12.4. The molecule has 1 heterocycles. The number of aryl methyl sites for hydroxylation is 1. The normalized spacial score (nSPS) is 11.3. The van der Waals surface area contributed by atoms with E-state index in [0.717, 1.165) is 9.26 Å². The summed E-state index contributed by atoms with van der Waals surface area (Å²) in [6, 6.07) is 1.79. The van der Waals surface area contributed by atoms with Crippen molar-refractivity contribution in [3.8, 4) is 0 Å².